The van der Waals surface area contributed by atoms with Crippen molar-refractivity contribution in [1.82, 2.24) is 4.90 Å². The number of benzene rings is 1. The van der Waals surface area contributed by atoms with Crippen molar-refractivity contribution in [3.05, 3.63) is 28.2 Å². The summed E-state index contributed by atoms with van der Waals surface area (Å²) in [5.74, 6) is 0. The smallest absolute Gasteiger partial charge is 0.0897 e. The van der Waals surface area contributed by atoms with E-state index in [9.17, 15) is 5.11 Å². The minimum atomic E-state index is -0.656. The van der Waals surface area contributed by atoms with Gasteiger partial charge in [-0.3, -0.25) is 4.90 Å². The van der Waals surface area contributed by atoms with Gasteiger partial charge in [-0.05, 0) is 18.2 Å². The van der Waals surface area contributed by atoms with E-state index in [1.165, 1.54) is 0 Å². The minimum Gasteiger partial charge on any atom is -0.394 e. The Morgan fingerprint density at radius 2 is 1.79 bits per heavy atom. The van der Waals surface area contributed by atoms with E-state index in [0.29, 0.717) is 16.6 Å². The maximum absolute atomic E-state index is 9.42. The quantitative estimate of drug-likeness (QED) is 0.884. The van der Waals surface area contributed by atoms with Crippen molar-refractivity contribution in [2.75, 3.05) is 44.2 Å². The van der Waals surface area contributed by atoms with Crippen LogP contribution in [-0.4, -0.2) is 60.5 Å². The molecule has 1 atom stereocenters. The van der Waals surface area contributed by atoms with Crippen LogP contribution in [0.25, 0.3) is 0 Å². The molecule has 0 saturated carbocycles. The number of aliphatic hydroxyl groups excluding tert-OH is 2. The second kappa shape index (κ2) is 6.77. The fourth-order valence-electron chi connectivity index (χ4n) is 2.23. The maximum Gasteiger partial charge on any atom is 0.0897 e. The Bertz CT molecular complexity index is 423. The number of anilines is 1. The third-order valence-electron chi connectivity index (χ3n) is 3.32. The molecule has 19 heavy (non-hydrogen) atoms. The molecule has 1 aromatic carbocycles. The number of hydrogen-bond acceptors (Lipinski definition) is 4. The summed E-state index contributed by atoms with van der Waals surface area (Å²) in [7, 11) is 0. The van der Waals surface area contributed by atoms with Gasteiger partial charge in [-0.2, -0.15) is 0 Å². The molecule has 106 valence electrons. The highest BCUT2D eigenvalue weighted by Crippen LogP contribution is 2.27. The molecule has 6 heteroatoms. The zero-order valence-electron chi connectivity index (χ0n) is 10.6. The molecule has 0 spiro atoms. The average molecular weight is 305 g/mol. The molecular formula is C13H18Cl2N2O2. The van der Waals surface area contributed by atoms with Crippen molar-refractivity contribution >= 4 is 28.9 Å². The van der Waals surface area contributed by atoms with Gasteiger partial charge in [-0.25, -0.2) is 0 Å². The summed E-state index contributed by atoms with van der Waals surface area (Å²) in [6.45, 7) is 3.79. The van der Waals surface area contributed by atoms with Crippen LogP contribution < -0.4 is 4.90 Å². The van der Waals surface area contributed by atoms with Crippen molar-refractivity contribution in [3.8, 4) is 0 Å². The molecule has 1 fully saturated rings. The Morgan fingerprint density at radius 3 is 2.37 bits per heavy atom. The van der Waals surface area contributed by atoms with Crippen LogP contribution >= 0.6 is 23.2 Å². The number of rotatable bonds is 4. The van der Waals surface area contributed by atoms with Crippen molar-refractivity contribution in [2.45, 2.75) is 6.10 Å². The van der Waals surface area contributed by atoms with Gasteiger partial charge in [-0.1, -0.05) is 23.2 Å². The average Bonchev–Trinajstić information content (AvgIpc) is 2.42. The van der Waals surface area contributed by atoms with Crippen molar-refractivity contribution in [3.63, 3.8) is 0 Å². The van der Waals surface area contributed by atoms with Gasteiger partial charge >= 0.3 is 0 Å². The molecule has 4 nitrogen and oxygen atoms in total. The fourth-order valence-corrected chi connectivity index (χ4v) is 2.52. The monoisotopic (exact) mass is 304 g/mol. The van der Waals surface area contributed by atoms with Crippen LogP contribution in [0.15, 0.2) is 18.2 Å². The maximum atomic E-state index is 9.42. The Labute approximate surface area is 123 Å². The zero-order valence-corrected chi connectivity index (χ0v) is 12.1. The van der Waals surface area contributed by atoms with Crippen LogP contribution in [-0.2, 0) is 0 Å². The highest BCUT2D eigenvalue weighted by Gasteiger charge is 2.19. The van der Waals surface area contributed by atoms with E-state index in [-0.39, 0.29) is 6.61 Å². The molecule has 1 aliphatic heterocycles. The summed E-state index contributed by atoms with van der Waals surface area (Å²) in [5.41, 5.74) is 1.07. The normalized spacial score (nSPS) is 18.6. The summed E-state index contributed by atoms with van der Waals surface area (Å²) in [5, 5.41) is 19.4. The van der Waals surface area contributed by atoms with E-state index < -0.39 is 6.10 Å². The highest BCUT2D eigenvalue weighted by atomic mass is 35.5. The first-order valence-corrected chi connectivity index (χ1v) is 7.07. The molecule has 0 aromatic heterocycles. The van der Waals surface area contributed by atoms with E-state index in [4.69, 9.17) is 28.3 Å². The molecule has 0 aliphatic carbocycles. The molecule has 0 radical (unpaired) electrons. The van der Waals surface area contributed by atoms with Crippen LogP contribution in [0, 0.1) is 0 Å². The van der Waals surface area contributed by atoms with E-state index in [0.717, 1.165) is 31.9 Å². The van der Waals surface area contributed by atoms with Crippen LogP contribution in [0.5, 0.6) is 0 Å². The van der Waals surface area contributed by atoms with Gasteiger partial charge < -0.3 is 15.1 Å². The van der Waals surface area contributed by atoms with Crippen LogP contribution in [0.4, 0.5) is 5.69 Å². The minimum absolute atomic E-state index is 0.187. The summed E-state index contributed by atoms with van der Waals surface area (Å²) in [6.07, 6.45) is -0.656. The van der Waals surface area contributed by atoms with Gasteiger partial charge in [0.25, 0.3) is 0 Å². The fraction of sp³-hybridized carbons (Fsp3) is 0.538. The third-order valence-corrected chi connectivity index (χ3v) is 4.06. The molecule has 2 N–H and O–H groups in total. The summed E-state index contributed by atoms with van der Waals surface area (Å²) >= 11 is 11.9. The SMILES string of the molecule is OCC(O)CN1CCN(c2ccc(Cl)c(Cl)c2)CC1. The molecule has 1 aromatic rings. The third kappa shape index (κ3) is 3.97. The number of hydrogen-bond donors (Lipinski definition) is 2. The number of halogens is 2. The predicted molar refractivity (Wildman–Crippen MR) is 78.2 cm³/mol. The molecule has 1 saturated heterocycles. The van der Waals surface area contributed by atoms with E-state index in [2.05, 4.69) is 9.80 Å². The van der Waals surface area contributed by atoms with Crippen LogP contribution in [0.2, 0.25) is 10.0 Å². The van der Waals surface area contributed by atoms with E-state index in [1.807, 2.05) is 12.1 Å². The number of piperazine rings is 1. The highest BCUT2D eigenvalue weighted by molar-refractivity contribution is 6.42. The van der Waals surface area contributed by atoms with Gasteiger partial charge in [0.15, 0.2) is 0 Å². The lowest BCUT2D eigenvalue weighted by Crippen LogP contribution is -2.49. The summed E-state index contributed by atoms with van der Waals surface area (Å²) in [6, 6.07) is 5.65. The molecule has 1 unspecified atom stereocenters. The molecular weight excluding hydrogens is 287 g/mol. The van der Waals surface area contributed by atoms with E-state index >= 15 is 0 Å². The zero-order chi connectivity index (χ0) is 13.8. The van der Waals surface area contributed by atoms with E-state index in [1.54, 1.807) is 6.07 Å². The topological polar surface area (TPSA) is 46.9 Å². The van der Waals surface area contributed by atoms with Crippen molar-refractivity contribution < 1.29 is 10.2 Å². The second-order valence-electron chi connectivity index (χ2n) is 4.72. The Morgan fingerprint density at radius 1 is 1.11 bits per heavy atom. The van der Waals surface area contributed by atoms with Gasteiger partial charge in [-0.15, -0.1) is 0 Å². The van der Waals surface area contributed by atoms with Gasteiger partial charge in [0, 0.05) is 38.4 Å². The molecule has 1 aliphatic rings. The Balaban J connectivity index is 1.90. The standard InChI is InChI=1S/C13H18Cl2N2O2/c14-12-2-1-10(7-13(12)15)17-5-3-16(4-6-17)8-11(19)9-18/h1-2,7,11,18-19H,3-6,8-9H2. The van der Waals surface area contributed by atoms with Crippen LogP contribution in [0.1, 0.15) is 0 Å². The molecule has 0 bridgehead atoms. The van der Waals surface area contributed by atoms with Crippen molar-refractivity contribution in [2.24, 2.45) is 0 Å². The Hall–Kier alpha value is -0.520. The largest absolute Gasteiger partial charge is 0.394 e. The second-order valence-corrected chi connectivity index (χ2v) is 5.54. The lowest BCUT2D eigenvalue weighted by Gasteiger charge is -2.36. The molecule has 0 amide bonds. The summed E-state index contributed by atoms with van der Waals surface area (Å²) in [4.78, 5) is 4.39. The first kappa shape index (κ1) is 14.9. The predicted octanol–water partition coefficient (Wildman–Crippen LogP) is 1.47. The lowest BCUT2D eigenvalue weighted by molar-refractivity contribution is 0.0575. The van der Waals surface area contributed by atoms with Crippen molar-refractivity contribution in [1.29, 1.82) is 0 Å². The first-order valence-electron chi connectivity index (χ1n) is 6.31. The molecule has 2 rings (SSSR count). The van der Waals surface area contributed by atoms with Crippen LogP contribution in [0.3, 0.4) is 0 Å². The number of aliphatic hydroxyl groups is 2. The lowest BCUT2D eigenvalue weighted by atomic mass is 10.2. The Kier molecular flexibility index (Phi) is 5.30. The van der Waals surface area contributed by atoms with Gasteiger partial charge in [0.1, 0.15) is 0 Å². The summed E-state index contributed by atoms with van der Waals surface area (Å²) < 4.78 is 0. The van der Waals surface area contributed by atoms with Gasteiger partial charge in [0.05, 0.1) is 22.8 Å². The first-order chi connectivity index (χ1) is 9.10. The number of β-amino-alcohol motifs (C(OH)–C–C–N with tert-alkyl or cyclic N) is 1. The number of nitrogens with zero attached hydrogens (tertiary/aromatic N) is 2. The molecule has 1 heterocycles. The van der Waals surface area contributed by atoms with Gasteiger partial charge in [0.2, 0.25) is 0 Å².